The number of furan rings is 1. The topological polar surface area (TPSA) is 26.1 Å². The van der Waals surface area contributed by atoms with Gasteiger partial charge in [0.05, 0.1) is 16.1 Å². The zero-order valence-electron chi connectivity index (χ0n) is 49.8. The Balaban J connectivity index is 1.06. The maximum Gasteiger partial charge on any atom is 0.252 e. The van der Waals surface area contributed by atoms with Crippen molar-refractivity contribution in [1.82, 2.24) is 0 Å². The molecule has 0 fully saturated rings. The molecule has 0 bridgehead atoms. The Morgan fingerprint density at radius 1 is 0.353 bits per heavy atom. The summed E-state index contributed by atoms with van der Waals surface area (Å²) in [7, 11) is 0. The highest BCUT2D eigenvalue weighted by atomic mass is 32.1. The van der Waals surface area contributed by atoms with Gasteiger partial charge in [-0.15, -0.1) is 11.3 Å². The van der Waals surface area contributed by atoms with Crippen LogP contribution in [-0.4, -0.2) is 6.71 Å². The molecule has 2 aromatic heterocycles. The number of thiophene rings is 1. The second-order valence-corrected chi connectivity index (χ2v) is 27.3. The lowest BCUT2D eigenvalue weighted by molar-refractivity contribution is 0.590. The van der Waals surface area contributed by atoms with Gasteiger partial charge in [-0.25, -0.2) is 0 Å². The molecule has 0 radical (unpaired) electrons. The van der Waals surface area contributed by atoms with Gasteiger partial charge in [0.15, 0.2) is 0 Å². The summed E-state index contributed by atoms with van der Waals surface area (Å²) in [4.78, 5) is 10.1. The van der Waals surface area contributed by atoms with Crippen LogP contribution in [0.2, 0.25) is 0 Å². The molecule has 4 heterocycles. The first-order valence-electron chi connectivity index (χ1n) is 29.8. The van der Waals surface area contributed by atoms with Crippen molar-refractivity contribution in [3.63, 3.8) is 0 Å². The minimum Gasteiger partial charge on any atom is -0.456 e. The third kappa shape index (κ3) is 8.81. The number of hydrogen-bond donors (Lipinski definition) is 0. The van der Waals surface area contributed by atoms with Gasteiger partial charge >= 0.3 is 0 Å². The van der Waals surface area contributed by atoms with Gasteiger partial charge in [-0.05, 0) is 165 Å². The Kier molecular flexibility index (Phi) is 12.1. The molecule has 0 atom stereocenters. The maximum atomic E-state index is 6.47. The zero-order valence-corrected chi connectivity index (χ0v) is 50.6. The van der Waals surface area contributed by atoms with Crippen molar-refractivity contribution in [3.05, 3.63) is 259 Å². The lowest BCUT2D eigenvalue weighted by Gasteiger charge is -2.45. The quantitative estimate of drug-likeness (QED) is 0.141. The highest BCUT2D eigenvalue weighted by Crippen LogP contribution is 2.52. The summed E-state index contributed by atoms with van der Waals surface area (Å²) in [5, 5.41) is 4.74. The van der Waals surface area contributed by atoms with Gasteiger partial charge in [-0.1, -0.05) is 190 Å². The highest BCUT2D eigenvalue weighted by Gasteiger charge is 2.45. The van der Waals surface area contributed by atoms with E-state index in [1.807, 2.05) is 17.4 Å². The number of anilines is 12. The molecule has 7 heteroatoms. The predicted molar refractivity (Wildman–Crippen MR) is 366 cm³/mol. The molecule has 15 rings (SSSR count). The van der Waals surface area contributed by atoms with E-state index >= 15 is 0 Å². The zero-order chi connectivity index (χ0) is 58.1. The van der Waals surface area contributed by atoms with Gasteiger partial charge in [0, 0.05) is 83.1 Å². The molecule has 85 heavy (non-hydrogen) atoms. The number of hydrogen-bond acceptors (Lipinski definition) is 6. The van der Waals surface area contributed by atoms with Crippen LogP contribution in [0.25, 0.3) is 42.1 Å². The van der Waals surface area contributed by atoms with Gasteiger partial charge in [0.25, 0.3) is 6.71 Å². The number of rotatable bonds is 8. The van der Waals surface area contributed by atoms with E-state index in [2.05, 4.69) is 319 Å². The van der Waals surface area contributed by atoms with E-state index in [-0.39, 0.29) is 23.0 Å². The molecule has 0 N–H and O–H groups in total. The molecule has 0 saturated carbocycles. The molecule has 2 aliphatic rings. The molecule has 0 spiro atoms. The van der Waals surface area contributed by atoms with Gasteiger partial charge in [0.2, 0.25) is 0 Å². The van der Waals surface area contributed by atoms with Crippen LogP contribution in [0, 0.1) is 0 Å². The van der Waals surface area contributed by atoms with Crippen LogP contribution in [0.15, 0.2) is 247 Å². The second kappa shape index (κ2) is 19.7. The van der Waals surface area contributed by atoms with Crippen molar-refractivity contribution >= 4 is 145 Å². The Bertz CT molecular complexity index is 4680. The number of fused-ring (bicyclic) bond motifs is 11. The van der Waals surface area contributed by atoms with Crippen molar-refractivity contribution < 1.29 is 4.42 Å². The minimum absolute atomic E-state index is 0.0162. The SMILES string of the molecule is CC(C)(C)c1ccc(N(c2ccc3c(c2)N(c2ccc(C(C)(C)C)cc2)c2cc(N(c4ccccc4)c4ccccc4)cc4c2B3c2ccc3c(sc5ccccc53)c2N4c2ccc(C(C)(C)C)cc2)c2ccc3oc4ccccc4c3c2)cc1. The summed E-state index contributed by atoms with van der Waals surface area (Å²) in [5.74, 6) is 0. The number of para-hydroxylation sites is 3. The number of benzene rings is 11. The molecule has 2 aliphatic heterocycles. The molecular weight excluding hydrogens is 1050 g/mol. The van der Waals surface area contributed by atoms with Gasteiger partial charge in [0.1, 0.15) is 11.2 Å². The summed E-state index contributed by atoms with van der Waals surface area (Å²) in [6, 6.07) is 90.9. The molecule has 0 aliphatic carbocycles. The molecule has 13 aromatic rings. The Morgan fingerprint density at radius 3 is 1.44 bits per heavy atom. The van der Waals surface area contributed by atoms with E-state index in [0.29, 0.717) is 0 Å². The van der Waals surface area contributed by atoms with E-state index < -0.39 is 0 Å². The van der Waals surface area contributed by atoms with E-state index in [9.17, 15) is 0 Å². The Hall–Kier alpha value is -9.30. The van der Waals surface area contributed by atoms with Crippen molar-refractivity contribution in [2.24, 2.45) is 0 Å². The monoisotopic (exact) mass is 1120 g/mol. The fourth-order valence-corrected chi connectivity index (χ4v) is 14.5. The summed E-state index contributed by atoms with van der Waals surface area (Å²) < 4.78 is 9.03. The van der Waals surface area contributed by atoms with E-state index in [4.69, 9.17) is 4.42 Å². The summed E-state index contributed by atoms with van der Waals surface area (Å²) in [6.07, 6.45) is 0. The van der Waals surface area contributed by atoms with Gasteiger partial charge in [-0.2, -0.15) is 0 Å². The molecule has 11 aromatic carbocycles. The van der Waals surface area contributed by atoms with E-state index in [1.54, 1.807) is 0 Å². The summed E-state index contributed by atoms with van der Waals surface area (Å²) >= 11 is 1.91. The maximum absolute atomic E-state index is 6.47. The normalized spacial score (nSPS) is 13.2. The number of nitrogens with zero attached hydrogens (tertiary/aromatic N) is 4. The lowest BCUT2D eigenvalue weighted by Crippen LogP contribution is -2.61. The van der Waals surface area contributed by atoms with Crippen molar-refractivity contribution in [1.29, 1.82) is 0 Å². The average Bonchev–Trinajstić information content (AvgIpc) is 1.48. The average molecular weight is 1120 g/mol. The molecule has 414 valence electrons. The van der Waals surface area contributed by atoms with Crippen molar-refractivity contribution in [3.8, 4) is 0 Å². The van der Waals surface area contributed by atoms with Crippen LogP contribution >= 0.6 is 11.3 Å². The summed E-state index contributed by atoms with van der Waals surface area (Å²) in [6.45, 7) is 20.5. The molecular formula is C78H67BN4OS. The van der Waals surface area contributed by atoms with Crippen LogP contribution < -0.4 is 36.0 Å². The lowest BCUT2D eigenvalue weighted by atomic mass is 9.33. The third-order valence-corrected chi connectivity index (χ3v) is 18.9. The van der Waals surface area contributed by atoms with Crippen molar-refractivity contribution in [2.75, 3.05) is 19.6 Å². The smallest absolute Gasteiger partial charge is 0.252 e. The van der Waals surface area contributed by atoms with Gasteiger partial charge < -0.3 is 24.0 Å². The Morgan fingerprint density at radius 2 is 0.812 bits per heavy atom. The standard InChI is InChI=1S/C78H67BN4OS/c1-76(2,3)50-28-34-55(35-29-50)81(58-41-45-71-64(46-58)61-24-16-18-26-70(61)84-71)59-40-43-65-67(47-59)82(56-36-30-51(31-37-56)77(4,5)6)68-48-60(80(53-20-12-10-13-21-53)54-22-14-11-15-23-54)49-69-73(68)79(65)66-44-42-63-62-25-17-19-27-72(62)85-75(63)74(66)83(69)57-38-32-52(33-39-57)78(7,8)9/h10-49H,1-9H3. The van der Waals surface area contributed by atoms with Crippen LogP contribution in [0.3, 0.4) is 0 Å². The third-order valence-electron chi connectivity index (χ3n) is 17.7. The van der Waals surface area contributed by atoms with Crippen LogP contribution in [0.1, 0.15) is 79.0 Å². The fraction of sp³-hybridized carbons (Fsp3) is 0.154. The van der Waals surface area contributed by atoms with Gasteiger partial charge in [-0.3, -0.25) is 0 Å². The molecule has 0 unspecified atom stereocenters. The highest BCUT2D eigenvalue weighted by molar-refractivity contribution is 7.26. The molecule has 0 amide bonds. The fourth-order valence-electron chi connectivity index (χ4n) is 13.3. The first-order chi connectivity index (χ1) is 41.0. The van der Waals surface area contributed by atoms with Crippen molar-refractivity contribution in [2.45, 2.75) is 78.6 Å². The molecule has 5 nitrogen and oxygen atoms in total. The Labute approximate surface area is 503 Å². The largest absolute Gasteiger partial charge is 0.456 e. The van der Waals surface area contributed by atoms with E-state index in [1.165, 1.54) is 58.9 Å². The predicted octanol–water partition coefficient (Wildman–Crippen LogP) is 20.9. The van der Waals surface area contributed by atoms with Crippen LogP contribution in [-0.2, 0) is 16.2 Å². The molecule has 0 saturated heterocycles. The second-order valence-electron chi connectivity index (χ2n) is 26.2. The van der Waals surface area contributed by atoms with Crippen LogP contribution in [0.5, 0.6) is 0 Å². The van der Waals surface area contributed by atoms with E-state index in [0.717, 1.165) is 84.5 Å². The summed E-state index contributed by atoms with van der Waals surface area (Å²) in [5.41, 5.74) is 22.6. The first kappa shape index (κ1) is 52.5. The first-order valence-corrected chi connectivity index (χ1v) is 30.7. The van der Waals surface area contributed by atoms with Crippen LogP contribution in [0.4, 0.5) is 68.2 Å². The minimum atomic E-state index is -0.141.